The van der Waals surface area contributed by atoms with E-state index in [0.29, 0.717) is 25.1 Å². The number of fused-ring (bicyclic) bond motifs is 1. The van der Waals surface area contributed by atoms with Crippen LogP contribution in [-0.2, 0) is 6.54 Å². The van der Waals surface area contributed by atoms with Gasteiger partial charge < -0.3 is 24.9 Å². The summed E-state index contributed by atoms with van der Waals surface area (Å²) in [4.78, 5) is 32.5. The predicted molar refractivity (Wildman–Crippen MR) is 117 cm³/mol. The molecule has 2 saturated heterocycles. The molecule has 3 aliphatic rings. The number of carboxylic acid groups (broad SMARTS) is 1. The van der Waals surface area contributed by atoms with E-state index in [0.717, 1.165) is 45.6 Å². The molecule has 2 atom stereocenters. The van der Waals surface area contributed by atoms with Gasteiger partial charge in [-0.15, -0.1) is 0 Å². The number of likely N-dealkylation sites (tertiary alicyclic amines) is 1. The molecular weight excluding hydrogens is 416 g/mol. The first kappa shape index (κ1) is 22.8. The van der Waals surface area contributed by atoms with Crippen molar-refractivity contribution >= 4 is 11.9 Å². The predicted octanol–water partition coefficient (Wildman–Crippen LogP) is 2.12. The van der Waals surface area contributed by atoms with E-state index in [-0.39, 0.29) is 17.3 Å². The monoisotopic (exact) mass is 450 g/mol. The van der Waals surface area contributed by atoms with E-state index in [1.807, 2.05) is 6.92 Å². The van der Waals surface area contributed by atoms with Gasteiger partial charge in [0.2, 0.25) is 0 Å². The molecule has 11 nitrogen and oxygen atoms in total. The number of ether oxygens (including phenoxy) is 1. The maximum absolute atomic E-state index is 11.7. The summed E-state index contributed by atoms with van der Waals surface area (Å²) in [6, 6.07) is 0.768. The van der Waals surface area contributed by atoms with Gasteiger partial charge in [0.1, 0.15) is 11.8 Å². The van der Waals surface area contributed by atoms with Crippen LogP contribution in [0.5, 0.6) is 6.01 Å². The topological polar surface area (TPSA) is 117 Å². The van der Waals surface area contributed by atoms with Crippen molar-refractivity contribution in [3.8, 4) is 6.01 Å². The second kappa shape index (κ2) is 8.18. The van der Waals surface area contributed by atoms with Crippen LogP contribution in [0.4, 0.5) is 10.6 Å². The van der Waals surface area contributed by atoms with Gasteiger partial charge in [0.15, 0.2) is 0 Å². The summed E-state index contributed by atoms with van der Waals surface area (Å²) in [6.07, 6.45) is 2.69. The van der Waals surface area contributed by atoms with Gasteiger partial charge >= 0.3 is 17.9 Å². The Labute approximate surface area is 188 Å². The summed E-state index contributed by atoms with van der Waals surface area (Å²) >= 11 is 0. The Bertz CT molecular complexity index is 849. The number of piperidine rings is 1. The molecule has 0 spiro atoms. The zero-order valence-electron chi connectivity index (χ0n) is 19.4. The fourth-order valence-electron chi connectivity index (χ4n) is 5.39. The zero-order valence-corrected chi connectivity index (χ0v) is 19.4. The first-order chi connectivity index (χ1) is 14.9. The highest BCUT2D eigenvalue weighted by atomic mass is 16.6. The summed E-state index contributed by atoms with van der Waals surface area (Å²) in [5.74, 6) is -0.181. The maximum atomic E-state index is 11.7. The third-order valence-corrected chi connectivity index (χ3v) is 7.05. The molecule has 0 saturated carbocycles. The van der Waals surface area contributed by atoms with Crippen molar-refractivity contribution in [2.75, 3.05) is 39.3 Å². The second-order valence-electron chi connectivity index (χ2n) is 10.7. The first-order valence-corrected chi connectivity index (χ1v) is 11.3. The molecular formula is C21H34N6O5. The lowest BCUT2D eigenvalue weighted by atomic mass is 9.83. The van der Waals surface area contributed by atoms with Gasteiger partial charge in [0.25, 0.3) is 0 Å². The first-order valence-electron chi connectivity index (χ1n) is 11.3. The minimum atomic E-state index is -0.825. The Morgan fingerprint density at radius 1 is 1.31 bits per heavy atom. The summed E-state index contributed by atoms with van der Waals surface area (Å²) < 4.78 is 7.71. The van der Waals surface area contributed by atoms with E-state index >= 15 is 0 Å². The lowest BCUT2D eigenvalue weighted by Gasteiger charge is -2.49. The minimum Gasteiger partial charge on any atom is -0.465 e. The van der Waals surface area contributed by atoms with Crippen LogP contribution in [0.3, 0.4) is 0 Å². The summed E-state index contributed by atoms with van der Waals surface area (Å²) in [7, 11) is 0. The summed E-state index contributed by atoms with van der Waals surface area (Å²) in [5, 5.41) is 20.5. The molecule has 3 aliphatic heterocycles. The molecule has 4 rings (SSSR count). The van der Waals surface area contributed by atoms with E-state index in [1.54, 1.807) is 9.47 Å². The molecule has 1 aromatic heterocycles. The number of hydrogen-bond acceptors (Lipinski definition) is 7. The van der Waals surface area contributed by atoms with E-state index in [4.69, 9.17) is 4.74 Å². The van der Waals surface area contributed by atoms with Crippen molar-refractivity contribution in [2.24, 2.45) is 5.41 Å². The standard InChI is InChI=1S/C21H34N6O5/c1-20(2,3)16-11-24(9-10-26(16)19(28)29)15-5-7-23(8-6-15)13-21(4)14-25-12-17(27(30)31)22-18(25)32-21/h12,15-16H,5-11,13-14H2,1-4H3,(H,28,29)/t16-,21?/m1/s1. The Morgan fingerprint density at radius 2 is 2.00 bits per heavy atom. The number of amides is 1. The Hall–Kier alpha value is -2.40. The number of aromatic nitrogens is 2. The highest BCUT2D eigenvalue weighted by Gasteiger charge is 2.43. The van der Waals surface area contributed by atoms with Crippen molar-refractivity contribution in [1.82, 2.24) is 24.3 Å². The molecule has 32 heavy (non-hydrogen) atoms. The van der Waals surface area contributed by atoms with Crippen LogP contribution in [0.1, 0.15) is 40.5 Å². The third kappa shape index (κ3) is 4.54. The van der Waals surface area contributed by atoms with Crippen LogP contribution >= 0.6 is 0 Å². The largest absolute Gasteiger partial charge is 0.465 e. The number of hydrogen-bond donors (Lipinski definition) is 1. The third-order valence-electron chi connectivity index (χ3n) is 7.05. The number of rotatable bonds is 4. The van der Waals surface area contributed by atoms with Gasteiger partial charge in [-0.1, -0.05) is 20.8 Å². The van der Waals surface area contributed by atoms with Crippen LogP contribution in [0.25, 0.3) is 0 Å². The smallest absolute Gasteiger partial charge is 0.415 e. The van der Waals surface area contributed by atoms with Gasteiger partial charge in [-0.25, -0.2) is 4.79 Å². The van der Waals surface area contributed by atoms with Crippen molar-refractivity contribution in [3.05, 3.63) is 16.3 Å². The molecule has 178 valence electrons. The van der Waals surface area contributed by atoms with Crippen molar-refractivity contribution in [1.29, 1.82) is 0 Å². The van der Waals surface area contributed by atoms with E-state index in [1.165, 1.54) is 6.20 Å². The van der Waals surface area contributed by atoms with Crippen LogP contribution < -0.4 is 4.74 Å². The molecule has 4 heterocycles. The number of nitro groups is 1. The van der Waals surface area contributed by atoms with Crippen LogP contribution in [0, 0.1) is 15.5 Å². The highest BCUT2D eigenvalue weighted by molar-refractivity contribution is 5.65. The molecule has 1 unspecified atom stereocenters. The quantitative estimate of drug-likeness (QED) is 0.548. The van der Waals surface area contributed by atoms with Crippen LogP contribution in [-0.4, -0.2) is 97.3 Å². The van der Waals surface area contributed by atoms with Crippen molar-refractivity contribution in [2.45, 2.75) is 64.8 Å². The fraction of sp³-hybridized carbons (Fsp3) is 0.810. The van der Waals surface area contributed by atoms with Gasteiger partial charge in [-0.05, 0) is 43.2 Å². The Morgan fingerprint density at radius 3 is 2.56 bits per heavy atom. The normalized spacial score (nSPS) is 27.9. The molecule has 0 aliphatic carbocycles. The highest BCUT2D eigenvalue weighted by Crippen LogP contribution is 2.33. The average Bonchev–Trinajstić information content (AvgIpc) is 3.22. The summed E-state index contributed by atoms with van der Waals surface area (Å²) in [5.41, 5.74) is -0.555. The van der Waals surface area contributed by atoms with Gasteiger partial charge in [-0.2, -0.15) is 0 Å². The molecule has 1 amide bonds. The molecule has 0 aromatic carbocycles. The Kier molecular flexibility index (Phi) is 5.83. The number of imidazole rings is 1. The molecule has 1 N–H and O–H groups in total. The van der Waals surface area contributed by atoms with Crippen molar-refractivity contribution < 1.29 is 19.6 Å². The number of carbonyl (C=O) groups is 1. The number of nitrogens with zero attached hydrogens (tertiary/aromatic N) is 6. The van der Waals surface area contributed by atoms with Gasteiger partial charge in [0, 0.05) is 37.2 Å². The average molecular weight is 451 g/mol. The fourth-order valence-corrected chi connectivity index (χ4v) is 5.39. The van der Waals surface area contributed by atoms with E-state index < -0.39 is 16.6 Å². The van der Waals surface area contributed by atoms with Gasteiger partial charge in [0.05, 0.1) is 12.6 Å². The second-order valence-corrected chi connectivity index (χ2v) is 10.7. The number of piperazine rings is 1. The molecule has 2 fully saturated rings. The van der Waals surface area contributed by atoms with E-state index in [2.05, 4.69) is 35.6 Å². The van der Waals surface area contributed by atoms with E-state index in [9.17, 15) is 20.0 Å². The lowest BCUT2D eigenvalue weighted by Crippen LogP contribution is -2.62. The summed E-state index contributed by atoms with van der Waals surface area (Å²) in [6.45, 7) is 13.7. The van der Waals surface area contributed by atoms with Crippen LogP contribution in [0.15, 0.2) is 6.20 Å². The molecule has 11 heteroatoms. The van der Waals surface area contributed by atoms with Gasteiger partial charge in [-0.3, -0.25) is 14.4 Å². The molecule has 1 aromatic rings. The molecule has 0 bridgehead atoms. The Balaban J connectivity index is 1.30. The minimum absolute atomic E-state index is 0.0103. The SMILES string of the molecule is CC1(CN2CCC(N3CCN(C(=O)O)[C@@H](C(C)(C)C)C3)CC2)Cn2cc([N+](=O)[O-])nc2O1. The van der Waals surface area contributed by atoms with Crippen molar-refractivity contribution in [3.63, 3.8) is 0 Å². The maximum Gasteiger partial charge on any atom is 0.415 e. The van der Waals surface area contributed by atoms with Crippen LogP contribution in [0.2, 0.25) is 0 Å². The lowest BCUT2D eigenvalue weighted by molar-refractivity contribution is -0.389. The zero-order chi connectivity index (χ0) is 23.3. The molecule has 0 radical (unpaired) electrons.